The van der Waals surface area contributed by atoms with E-state index in [1.807, 2.05) is 31.2 Å². The number of para-hydroxylation sites is 1. The summed E-state index contributed by atoms with van der Waals surface area (Å²) < 4.78 is 0. The molecule has 328 valence electrons. The molecule has 61 heavy (non-hydrogen) atoms. The van der Waals surface area contributed by atoms with Gasteiger partial charge >= 0.3 is 0 Å². The van der Waals surface area contributed by atoms with Gasteiger partial charge in [-0.1, -0.05) is 49.6 Å². The summed E-state index contributed by atoms with van der Waals surface area (Å²) in [6.07, 6.45) is 3.74. The Morgan fingerprint density at radius 1 is 0.869 bits per heavy atom. The van der Waals surface area contributed by atoms with Crippen LogP contribution in [0.5, 0.6) is 0 Å². The number of primary amides is 1. The lowest BCUT2D eigenvalue weighted by atomic mass is 10.0. The molecule has 8 amide bonds. The number of guanidine groups is 1. The Labute approximate surface area is 352 Å². The molecule has 20 nitrogen and oxygen atoms in total. The van der Waals surface area contributed by atoms with Gasteiger partial charge in [-0.05, 0) is 56.9 Å². The zero-order chi connectivity index (χ0) is 44.8. The molecular formula is C41H56N12O8. The second kappa shape index (κ2) is 21.9. The van der Waals surface area contributed by atoms with Crippen molar-refractivity contribution in [3.63, 3.8) is 0 Å². The van der Waals surface area contributed by atoms with E-state index < -0.39 is 90.6 Å². The highest BCUT2D eigenvalue weighted by atomic mass is 16.2. The highest BCUT2D eigenvalue weighted by molar-refractivity contribution is 6.11. The Bertz CT molecular complexity index is 2150. The number of nitrogens with two attached hydrogens (primary N) is 3. The summed E-state index contributed by atoms with van der Waals surface area (Å²) in [5.41, 5.74) is 19.2. The number of aliphatic imine (C=N–C) groups is 1. The molecule has 13 N–H and O–H groups in total. The average Bonchev–Trinajstić information content (AvgIpc) is 3.58. The van der Waals surface area contributed by atoms with Gasteiger partial charge < -0.3 is 59.0 Å². The third kappa shape index (κ3) is 13.3. The summed E-state index contributed by atoms with van der Waals surface area (Å²) in [6, 6.07) is 6.28. The monoisotopic (exact) mass is 844 g/mol. The van der Waals surface area contributed by atoms with E-state index in [4.69, 9.17) is 17.2 Å². The zero-order valence-corrected chi connectivity index (χ0v) is 34.8. The first-order valence-corrected chi connectivity index (χ1v) is 20.1. The third-order valence-electron chi connectivity index (χ3n) is 10.0. The van der Waals surface area contributed by atoms with Gasteiger partial charge in [0, 0.05) is 43.5 Å². The van der Waals surface area contributed by atoms with Crippen LogP contribution in [0.2, 0.25) is 0 Å². The molecule has 1 unspecified atom stereocenters. The van der Waals surface area contributed by atoms with Gasteiger partial charge in [0.15, 0.2) is 5.96 Å². The van der Waals surface area contributed by atoms with Crippen LogP contribution in [0.25, 0.3) is 10.9 Å². The number of hydrogen-bond donors (Lipinski definition) is 10. The molecule has 0 saturated carbocycles. The number of hydrogen-bond acceptors (Lipinski definition) is 9. The number of amides is 8. The van der Waals surface area contributed by atoms with Crippen LogP contribution in [0.1, 0.15) is 74.4 Å². The number of H-pyrrole nitrogens is 1. The Kier molecular flexibility index (Phi) is 16.7. The Hall–Kier alpha value is -6.99. The van der Waals surface area contributed by atoms with E-state index in [1.54, 1.807) is 31.3 Å². The quantitative estimate of drug-likeness (QED) is 0.0366. The van der Waals surface area contributed by atoms with Gasteiger partial charge in [0.25, 0.3) is 5.91 Å². The van der Waals surface area contributed by atoms with E-state index in [0.717, 1.165) is 27.8 Å². The highest BCUT2D eigenvalue weighted by Gasteiger charge is 2.38. The molecule has 0 bridgehead atoms. The first-order valence-electron chi connectivity index (χ1n) is 20.1. The van der Waals surface area contributed by atoms with Crippen LogP contribution in [0.3, 0.4) is 0 Å². The standard InChI is InChI=1S/C41H56N12O8/c1-5-6-11-30(49-24(4)54)37(58)48-23(3)36(57)47-20-33-39(60)51-29-15-14-22(2)17-27(29)40(61)53(33)21-34(55)50-31(13-9-16-45-41(43)44)38(59)52-32(35(42)56)18-25-19-46-28-12-8-7-10-26(25)28/h7-8,10,12,14-15,17,19,23,30-33,46H,5-6,9,11,13,16,18,20-21H2,1-4H3,(H2,42,56)(H,47,57)(H,48,58)(H,49,54)(H,50,55)(H,51,60)(H,52,59)(H4,43,44,45)/t23-,30-,31-,32-,33?/m0/s1. The second-order valence-corrected chi connectivity index (χ2v) is 15.0. The fourth-order valence-corrected chi connectivity index (χ4v) is 6.82. The van der Waals surface area contributed by atoms with Crippen LogP contribution >= 0.6 is 0 Å². The molecule has 1 aromatic heterocycles. The summed E-state index contributed by atoms with van der Waals surface area (Å²) in [7, 11) is 0. The number of carbonyl (C=O) groups is 8. The smallest absolute Gasteiger partial charge is 0.257 e. The molecule has 0 saturated heterocycles. The zero-order valence-electron chi connectivity index (χ0n) is 34.8. The van der Waals surface area contributed by atoms with Crippen molar-refractivity contribution in [1.29, 1.82) is 0 Å². The van der Waals surface area contributed by atoms with E-state index in [1.165, 1.54) is 13.8 Å². The second-order valence-electron chi connectivity index (χ2n) is 15.0. The van der Waals surface area contributed by atoms with Gasteiger partial charge in [0.05, 0.1) is 11.3 Å². The molecule has 1 aliphatic heterocycles. The minimum Gasteiger partial charge on any atom is -0.370 e. The van der Waals surface area contributed by atoms with Crippen LogP contribution < -0.4 is 49.1 Å². The van der Waals surface area contributed by atoms with Crippen molar-refractivity contribution in [3.8, 4) is 0 Å². The van der Waals surface area contributed by atoms with E-state index in [-0.39, 0.29) is 43.0 Å². The molecule has 0 radical (unpaired) electrons. The largest absolute Gasteiger partial charge is 0.370 e. The van der Waals surface area contributed by atoms with Crippen LogP contribution in [-0.4, -0.2) is 113 Å². The molecule has 2 heterocycles. The van der Waals surface area contributed by atoms with Gasteiger partial charge in [-0.2, -0.15) is 0 Å². The number of aromatic amines is 1. The predicted octanol–water partition coefficient (Wildman–Crippen LogP) is -0.694. The number of carbonyl (C=O) groups excluding carboxylic acids is 8. The van der Waals surface area contributed by atoms with Crippen molar-refractivity contribution in [1.82, 2.24) is 36.5 Å². The molecule has 4 rings (SSSR count). The number of unbranched alkanes of at least 4 members (excludes halogenated alkanes) is 1. The number of aromatic nitrogens is 1. The first-order chi connectivity index (χ1) is 29.0. The van der Waals surface area contributed by atoms with Crippen LogP contribution in [-0.2, 0) is 40.0 Å². The fourth-order valence-electron chi connectivity index (χ4n) is 6.82. The highest BCUT2D eigenvalue weighted by Crippen LogP contribution is 2.25. The normalized spacial score (nSPS) is 15.5. The van der Waals surface area contributed by atoms with Gasteiger partial charge in [0.1, 0.15) is 36.8 Å². The van der Waals surface area contributed by atoms with Crippen molar-refractivity contribution in [2.75, 3.05) is 25.0 Å². The minimum atomic E-state index is -1.45. The Morgan fingerprint density at radius 3 is 2.25 bits per heavy atom. The number of benzene rings is 2. The van der Waals surface area contributed by atoms with Gasteiger partial charge in [-0.15, -0.1) is 0 Å². The minimum absolute atomic E-state index is 0.00624. The fraction of sp³-hybridized carbons (Fsp3) is 0.439. The third-order valence-corrected chi connectivity index (χ3v) is 10.0. The maximum Gasteiger partial charge on any atom is 0.257 e. The van der Waals surface area contributed by atoms with Crippen LogP contribution in [0.4, 0.5) is 5.69 Å². The number of nitrogens with zero attached hydrogens (tertiary/aromatic N) is 2. The Morgan fingerprint density at radius 2 is 1.56 bits per heavy atom. The van der Waals surface area contributed by atoms with Crippen molar-refractivity contribution in [3.05, 3.63) is 65.4 Å². The molecular weight excluding hydrogens is 789 g/mol. The lowest BCUT2D eigenvalue weighted by Crippen LogP contribution is -2.58. The molecule has 0 fully saturated rings. The topological polar surface area (TPSA) is 318 Å². The Balaban J connectivity index is 1.54. The number of aryl methyl sites for hydroxylation is 1. The summed E-state index contributed by atoms with van der Waals surface area (Å²) >= 11 is 0. The van der Waals surface area contributed by atoms with E-state index >= 15 is 0 Å². The number of anilines is 1. The summed E-state index contributed by atoms with van der Waals surface area (Å²) in [4.78, 5) is 114. The summed E-state index contributed by atoms with van der Waals surface area (Å²) in [5.74, 6) is -5.73. The van der Waals surface area contributed by atoms with Crippen molar-refractivity contribution in [2.24, 2.45) is 22.2 Å². The van der Waals surface area contributed by atoms with Crippen molar-refractivity contribution < 1.29 is 38.4 Å². The SMILES string of the molecule is CCCC[C@H](NC(C)=O)C(=O)N[C@@H](C)C(=O)NCC1C(=O)Nc2ccc(C)cc2C(=O)N1CC(=O)N[C@@H](CCCN=C(N)N)C(=O)N[C@@H](Cc1c[nH]c2ccccc12)C(N)=O. The van der Waals surface area contributed by atoms with Gasteiger partial charge in [0.2, 0.25) is 41.4 Å². The lowest BCUT2D eigenvalue weighted by molar-refractivity contribution is -0.132. The van der Waals surface area contributed by atoms with E-state index in [2.05, 4.69) is 41.9 Å². The van der Waals surface area contributed by atoms with Crippen molar-refractivity contribution in [2.45, 2.75) is 96.4 Å². The predicted molar refractivity (Wildman–Crippen MR) is 227 cm³/mol. The first kappa shape index (κ1) is 46.7. The van der Waals surface area contributed by atoms with E-state index in [9.17, 15) is 38.4 Å². The molecule has 3 aromatic rings. The van der Waals surface area contributed by atoms with E-state index in [0.29, 0.717) is 18.4 Å². The van der Waals surface area contributed by atoms with Gasteiger partial charge in [-0.3, -0.25) is 43.3 Å². The molecule has 5 atom stereocenters. The lowest BCUT2D eigenvalue weighted by Gasteiger charge is -2.30. The molecule has 20 heteroatoms. The van der Waals surface area contributed by atoms with Gasteiger partial charge in [-0.25, -0.2) is 0 Å². The van der Waals surface area contributed by atoms with Crippen LogP contribution in [0, 0.1) is 6.92 Å². The van der Waals surface area contributed by atoms with Crippen LogP contribution in [0.15, 0.2) is 53.7 Å². The summed E-state index contributed by atoms with van der Waals surface area (Å²) in [5, 5.41) is 16.6. The van der Waals surface area contributed by atoms with Crippen molar-refractivity contribution >= 4 is 69.8 Å². The number of fused-ring (bicyclic) bond motifs is 2. The summed E-state index contributed by atoms with van der Waals surface area (Å²) in [6.45, 7) is 5.26. The molecule has 0 aliphatic carbocycles. The maximum absolute atomic E-state index is 14.2. The number of rotatable bonds is 21. The average molecular weight is 845 g/mol. The molecule has 2 aromatic carbocycles. The maximum atomic E-state index is 14.2. The number of nitrogens with one attached hydrogen (secondary N) is 7. The molecule has 1 aliphatic rings. The molecule has 0 spiro atoms.